The van der Waals surface area contributed by atoms with Crippen LogP contribution in [0.3, 0.4) is 0 Å². The number of hydrogen-bond donors (Lipinski definition) is 1. The molecule has 3 aromatic rings. The second-order valence-electron chi connectivity index (χ2n) is 7.90. The van der Waals surface area contributed by atoms with Crippen LogP contribution in [0, 0.1) is 0 Å². The van der Waals surface area contributed by atoms with E-state index in [1.54, 1.807) is 11.6 Å². The zero-order chi connectivity index (χ0) is 20.0. The largest absolute Gasteiger partial charge is 0.493 e. The minimum absolute atomic E-state index is 0.0336. The van der Waals surface area contributed by atoms with Gasteiger partial charge in [0.1, 0.15) is 0 Å². The maximum absolute atomic E-state index is 13.1. The van der Waals surface area contributed by atoms with Crippen molar-refractivity contribution in [2.75, 3.05) is 20.3 Å². The van der Waals surface area contributed by atoms with E-state index in [1.165, 1.54) is 12.8 Å². The van der Waals surface area contributed by atoms with Gasteiger partial charge in [0.2, 0.25) is 0 Å². The van der Waals surface area contributed by atoms with Crippen molar-refractivity contribution in [1.82, 2.24) is 19.5 Å². The lowest BCUT2D eigenvalue weighted by Crippen LogP contribution is -2.36. The summed E-state index contributed by atoms with van der Waals surface area (Å²) in [7, 11) is 1.65. The number of fused-ring (bicyclic) bond motifs is 2. The van der Waals surface area contributed by atoms with Crippen molar-refractivity contribution in [2.24, 2.45) is 0 Å². The van der Waals surface area contributed by atoms with Crippen molar-refractivity contribution in [1.29, 1.82) is 0 Å². The fourth-order valence-electron chi connectivity index (χ4n) is 4.14. The number of methoxy groups -OCH3 is 1. The second-order valence-corrected chi connectivity index (χ2v) is 7.90. The lowest BCUT2D eigenvalue weighted by atomic mass is 10.1. The predicted molar refractivity (Wildman–Crippen MR) is 110 cm³/mol. The van der Waals surface area contributed by atoms with Crippen LogP contribution in [0.15, 0.2) is 29.1 Å². The molecular weight excluding hydrogens is 368 g/mol. The Morgan fingerprint density at radius 2 is 2.10 bits per heavy atom. The maximum Gasteiger partial charge on any atom is 0.277 e. The van der Waals surface area contributed by atoms with Crippen LogP contribution in [0.5, 0.6) is 11.5 Å². The number of nitrogens with zero attached hydrogens (tertiary/aromatic N) is 3. The number of ether oxygens (including phenoxy) is 2. The predicted octanol–water partition coefficient (Wildman–Crippen LogP) is 2.87. The Hall–Kier alpha value is -2.80. The highest BCUT2D eigenvalue weighted by Crippen LogP contribution is 2.39. The fourth-order valence-corrected chi connectivity index (χ4v) is 4.14. The van der Waals surface area contributed by atoms with Crippen LogP contribution in [-0.4, -0.2) is 39.8 Å². The zero-order valence-electron chi connectivity index (χ0n) is 16.9. The van der Waals surface area contributed by atoms with E-state index in [9.17, 15) is 4.79 Å². The Morgan fingerprint density at radius 3 is 2.86 bits per heavy atom. The van der Waals surface area contributed by atoms with Gasteiger partial charge < -0.3 is 9.47 Å². The standard InChI is InChI=1S/C22H26N4O3/c1-3-29-20-10-14(4-7-19(20)28-2)12-25-9-8-17-16(13-25)22(27)26-21(23-17)11-18(24-26)15-5-6-15/h4,7,10-11,15,24H,3,5-6,8-9,12-13H2,1-2H3. The molecule has 0 bridgehead atoms. The monoisotopic (exact) mass is 394 g/mol. The molecule has 1 fully saturated rings. The number of aromatic amines is 1. The van der Waals surface area contributed by atoms with Gasteiger partial charge in [0.15, 0.2) is 17.1 Å². The Bertz CT molecular complexity index is 1110. The van der Waals surface area contributed by atoms with Crippen LogP contribution in [0.2, 0.25) is 0 Å². The molecule has 0 atom stereocenters. The van der Waals surface area contributed by atoms with Gasteiger partial charge in [-0.1, -0.05) is 6.07 Å². The third-order valence-corrected chi connectivity index (χ3v) is 5.81. The van der Waals surface area contributed by atoms with E-state index in [4.69, 9.17) is 14.5 Å². The Morgan fingerprint density at radius 1 is 1.24 bits per heavy atom. The fraction of sp³-hybridized carbons (Fsp3) is 0.455. The number of benzene rings is 1. The highest BCUT2D eigenvalue weighted by molar-refractivity contribution is 5.44. The van der Waals surface area contributed by atoms with E-state index in [-0.39, 0.29) is 5.56 Å². The smallest absolute Gasteiger partial charge is 0.277 e. The lowest BCUT2D eigenvalue weighted by Gasteiger charge is -2.27. The molecule has 3 heterocycles. The van der Waals surface area contributed by atoms with Crippen molar-refractivity contribution in [3.8, 4) is 11.5 Å². The maximum atomic E-state index is 13.1. The molecule has 1 saturated carbocycles. The van der Waals surface area contributed by atoms with Gasteiger partial charge in [0, 0.05) is 43.7 Å². The summed E-state index contributed by atoms with van der Waals surface area (Å²) in [5, 5.41) is 3.27. The molecular formula is C22H26N4O3. The van der Waals surface area contributed by atoms with Crippen LogP contribution in [-0.2, 0) is 19.5 Å². The molecule has 1 aliphatic heterocycles. The molecule has 0 amide bonds. The van der Waals surface area contributed by atoms with E-state index in [0.29, 0.717) is 19.1 Å². The molecule has 0 unspecified atom stereocenters. The van der Waals surface area contributed by atoms with Crippen molar-refractivity contribution in [2.45, 2.75) is 45.2 Å². The van der Waals surface area contributed by atoms with Crippen molar-refractivity contribution >= 4 is 5.65 Å². The van der Waals surface area contributed by atoms with Gasteiger partial charge in [-0.3, -0.25) is 14.8 Å². The van der Waals surface area contributed by atoms with Crippen LogP contribution < -0.4 is 15.0 Å². The molecule has 0 spiro atoms. The number of rotatable bonds is 6. The average molecular weight is 394 g/mol. The van der Waals surface area contributed by atoms with E-state index in [0.717, 1.165) is 59.2 Å². The Kier molecular flexibility index (Phi) is 4.54. The number of aromatic nitrogens is 3. The van der Waals surface area contributed by atoms with Gasteiger partial charge in [0.05, 0.1) is 25.0 Å². The molecule has 2 aliphatic rings. The molecule has 1 N–H and O–H groups in total. The molecule has 152 valence electrons. The SMILES string of the molecule is CCOc1cc(CN2CCc3nc4cc(C5CC5)[nH]n4c(=O)c3C2)ccc1OC. The highest BCUT2D eigenvalue weighted by Gasteiger charge is 2.27. The molecule has 0 saturated heterocycles. The summed E-state index contributed by atoms with van der Waals surface area (Å²) in [4.78, 5) is 20.1. The quantitative estimate of drug-likeness (QED) is 0.696. The first-order valence-electron chi connectivity index (χ1n) is 10.3. The van der Waals surface area contributed by atoms with Gasteiger partial charge in [-0.05, 0) is 37.5 Å². The lowest BCUT2D eigenvalue weighted by molar-refractivity contribution is 0.240. The topological polar surface area (TPSA) is 71.9 Å². The first-order valence-corrected chi connectivity index (χ1v) is 10.3. The molecule has 0 radical (unpaired) electrons. The van der Waals surface area contributed by atoms with E-state index >= 15 is 0 Å². The van der Waals surface area contributed by atoms with Gasteiger partial charge in [-0.15, -0.1) is 0 Å². The summed E-state index contributed by atoms with van der Waals surface area (Å²) < 4.78 is 12.7. The molecule has 5 rings (SSSR count). The van der Waals surface area contributed by atoms with Crippen LogP contribution in [0.25, 0.3) is 5.65 Å². The first kappa shape index (κ1) is 18.2. The van der Waals surface area contributed by atoms with Gasteiger partial charge in [-0.2, -0.15) is 0 Å². The molecule has 2 aromatic heterocycles. The van der Waals surface area contributed by atoms with Gasteiger partial charge >= 0.3 is 0 Å². The molecule has 7 nitrogen and oxygen atoms in total. The molecule has 7 heteroatoms. The highest BCUT2D eigenvalue weighted by atomic mass is 16.5. The van der Waals surface area contributed by atoms with Crippen molar-refractivity contribution in [3.05, 3.63) is 57.1 Å². The van der Waals surface area contributed by atoms with E-state index < -0.39 is 0 Å². The number of nitrogens with one attached hydrogen (secondary N) is 1. The van der Waals surface area contributed by atoms with Crippen LogP contribution in [0.1, 0.15) is 48.2 Å². The summed E-state index contributed by atoms with van der Waals surface area (Å²) in [5.41, 5.74) is 4.80. The third kappa shape index (κ3) is 3.40. The number of hydrogen-bond acceptors (Lipinski definition) is 5. The molecule has 1 aliphatic carbocycles. The first-order chi connectivity index (χ1) is 14.2. The van der Waals surface area contributed by atoms with E-state index in [2.05, 4.69) is 16.1 Å². The summed E-state index contributed by atoms with van der Waals surface area (Å²) in [6, 6.07) is 8.06. The summed E-state index contributed by atoms with van der Waals surface area (Å²) >= 11 is 0. The second kappa shape index (κ2) is 7.22. The molecule has 29 heavy (non-hydrogen) atoms. The van der Waals surface area contributed by atoms with Crippen molar-refractivity contribution < 1.29 is 9.47 Å². The third-order valence-electron chi connectivity index (χ3n) is 5.81. The van der Waals surface area contributed by atoms with Crippen molar-refractivity contribution in [3.63, 3.8) is 0 Å². The number of H-pyrrole nitrogens is 1. The Balaban J connectivity index is 1.40. The Labute approximate surface area is 169 Å². The summed E-state index contributed by atoms with van der Waals surface area (Å²) in [5.74, 6) is 2.06. The van der Waals surface area contributed by atoms with Gasteiger partial charge in [-0.25, -0.2) is 9.50 Å². The van der Waals surface area contributed by atoms with Crippen LogP contribution in [0.4, 0.5) is 0 Å². The average Bonchev–Trinajstić information content (AvgIpc) is 3.49. The molecule has 1 aromatic carbocycles. The van der Waals surface area contributed by atoms with E-state index in [1.807, 2.05) is 25.1 Å². The minimum Gasteiger partial charge on any atom is -0.493 e. The van der Waals surface area contributed by atoms with Gasteiger partial charge in [0.25, 0.3) is 5.56 Å². The minimum atomic E-state index is 0.0336. The summed E-state index contributed by atoms with van der Waals surface area (Å²) in [6.07, 6.45) is 3.18. The normalized spacial score (nSPS) is 16.8. The summed E-state index contributed by atoms with van der Waals surface area (Å²) in [6.45, 7) is 4.80. The zero-order valence-corrected chi connectivity index (χ0v) is 16.9. The van der Waals surface area contributed by atoms with Crippen LogP contribution >= 0.6 is 0 Å².